The van der Waals surface area contributed by atoms with Crippen LogP contribution in [0.3, 0.4) is 0 Å². The van der Waals surface area contributed by atoms with Crippen LogP contribution in [0, 0.1) is 0 Å². The van der Waals surface area contributed by atoms with Gasteiger partial charge in [-0.1, -0.05) is 6.07 Å². The van der Waals surface area contributed by atoms with E-state index in [0.717, 1.165) is 24.6 Å². The SMILES string of the molecule is CCOC(=O)[C@H]1CN(c2cccc3nccn23)CCN1. The summed E-state index contributed by atoms with van der Waals surface area (Å²) in [6, 6.07) is 5.72. The number of fused-ring (bicyclic) bond motifs is 1. The van der Waals surface area contributed by atoms with Crippen LogP contribution >= 0.6 is 0 Å². The molecule has 0 radical (unpaired) electrons. The minimum Gasteiger partial charge on any atom is -0.465 e. The molecule has 1 fully saturated rings. The van der Waals surface area contributed by atoms with Gasteiger partial charge in [-0.3, -0.25) is 9.20 Å². The molecule has 3 heterocycles. The van der Waals surface area contributed by atoms with E-state index in [-0.39, 0.29) is 12.0 Å². The van der Waals surface area contributed by atoms with E-state index in [1.165, 1.54) is 0 Å². The summed E-state index contributed by atoms with van der Waals surface area (Å²) in [5, 5.41) is 3.20. The smallest absolute Gasteiger partial charge is 0.324 e. The first-order chi connectivity index (χ1) is 9.79. The maximum absolute atomic E-state index is 11.9. The lowest BCUT2D eigenvalue weighted by Crippen LogP contribution is -2.55. The molecule has 0 bridgehead atoms. The van der Waals surface area contributed by atoms with Gasteiger partial charge in [0.25, 0.3) is 0 Å². The molecule has 2 aromatic heterocycles. The molecule has 2 aromatic rings. The molecule has 0 spiro atoms. The first-order valence-electron chi connectivity index (χ1n) is 6.86. The molecule has 1 saturated heterocycles. The number of anilines is 1. The van der Waals surface area contributed by atoms with Gasteiger partial charge in [0, 0.05) is 32.0 Å². The summed E-state index contributed by atoms with van der Waals surface area (Å²) in [6.45, 7) is 4.46. The quantitative estimate of drug-likeness (QED) is 0.834. The molecule has 106 valence electrons. The normalized spacial score (nSPS) is 19.2. The topological polar surface area (TPSA) is 58.9 Å². The Morgan fingerprint density at radius 3 is 3.30 bits per heavy atom. The average Bonchev–Trinajstić information content (AvgIpc) is 2.96. The summed E-state index contributed by atoms with van der Waals surface area (Å²) < 4.78 is 7.13. The first kappa shape index (κ1) is 12.9. The van der Waals surface area contributed by atoms with E-state index < -0.39 is 0 Å². The number of carbonyl (C=O) groups is 1. The van der Waals surface area contributed by atoms with Crippen LogP contribution in [-0.2, 0) is 9.53 Å². The van der Waals surface area contributed by atoms with Crippen LogP contribution < -0.4 is 10.2 Å². The number of rotatable bonds is 3. The second-order valence-electron chi connectivity index (χ2n) is 4.74. The molecule has 1 aliphatic heterocycles. The zero-order valence-corrected chi connectivity index (χ0v) is 11.5. The highest BCUT2D eigenvalue weighted by atomic mass is 16.5. The Labute approximate surface area is 117 Å². The lowest BCUT2D eigenvalue weighted by molar-refractivity contribution is -0.145. The fourth-order valence-corrected chi connectivity index (χ4v) is 2.55. The second kappa shape index (κ2) is 5.50. The molecule has 0 aromatic carbocycles. The van der Waals surface area contributed by atoms with E-state index in [2.05, 4.69) is 15.2 Å². The van der Waals surface area contributed by atoms with Gasteiger partial charge < -0.3 is 15.0 Å². The summed E-state index contributed by atoms with van der Waals surface area (Å²) in [5.41, 5.74) is 0.911. The number of pyridine rings is 1. The minimum atomic E-state index is -0.275. The first-order valence-corrected chi connectivity index (χ1v) is 6.86. The van der Waals surface area contributed by atoms with E-state index >= 15 is 0 Å². The van der Waals surface area contributed by atoms with Crippen molar-refractivity contribution in [1.82, 2.24) is 14.7 Å². The van der Waals surface area contributed by atoms with Gasteiger partial charge in [0.15, 0.2) is 0 Å². The fourth-order valence-electron chi connectivity index (χ4n) is 2.55. The van der Waals surface area contributed by atoms with E-state index in [4.69, 9.17) is 4.74 Å². The number of nitrogens with one attached hydrogen (secondary N) is 1. The Morgan fingerprint density at radius 1 is 1.55 bits per heavy atom. The van der Waals surface area contributed by atoms with Crippen molar-refractivity contribution in [1.29, 1.82) is 0 Å². The van der Waals surface area contributed by atoms with Crippen molar-refractivity contribution in [3.05, 3.63) is 30.6 Å². The summed E-state index contributed by atoms with van der Waals surface area (Å²) >= 11 is 0. The highest BCUT2D eigenvalue weighted by Gasteiger charge is 2.27. The van der Waals surface area contributed by atoms with Crippen molar-refractivity contribution < 1.29 is 9.53 Å². The molecule has 20 heavy (non-hydrogen) atoms. The molecule has 3 rings (SSSR count). The predicted molar refractivity (Wildman–Crippen MR) is 75.8 cm³/mol. The third-order valence-electron chi connectivity index (χ3n) is 3.48. The molecule has 1 aliphatic rings. The van der Waals surface area contributed by atoms with Gasteiger partial charge in [-0.2, -0.15) is 0 Å². The number of piperazine rings is 1. The van der Waals surface area contributed by atoms with Gasteiger partial charge in [-0.15, -0.1) is 0 Å². The third-order valence-corrected chi connectivity index (χ3v) is 3.48. The van der Waals surface area contributed by atoms with E-state index in [0.29, 0.717) is 13.2 Å². The number of hydrogen-bond acceptors (Lipinski definition) is 5. The average molecular weight is 274 g/mol. The Hall–Kier alpha value is -2.08. The predicted octanol–water partition coefficient (Wildman–Crippen LogP) is 0.676. The second-order valence-corrected chi connectivity index (χ2v) is 4.74. The zero-order valence-electron chi connectivity index (χ0n) is 11.5. The van der Waals surface area contributed by atoms with E-state index in [1.807, 2.05) is 35.7 Å². The van der Waals surface area contributed by atoms with Crippen molar-refractivity contribution in [2.45, 2.75) is 13.0 Å². The maximum atomic E-state index is 11.9. The van der Waals surface area contributed by atoms with Gasteiger partial charge in [-0.05, 0) is 19.1 Å². The van der Waals surface area contributed by atoms with Gasteiger partial charge in [0.2, 0.25) is 0 Å². The molecule has 0 saturated carbocycles. The number of ether oxygens (including phenoxy) is 1. The van der Waals surface area contributed by atoms with Gasteiger partial charge in [0.05, 0.1) is 6.61 Å². The molecule has 0 amide bonds. The zero-order chi connectivity index (χ0) is 13.9. The molecular formula is C14H18N4O2. The van der Waals surface area contributed by atoms with Crippen LogP contribution in [0.25, 0.3) is 5.65 Å². The Bertz CT molecular complexity index is 610. The Kier molecular flexibility index (Phi) is 3.56. The number of esters is 1. The number of hydrogen-bond donors (Lipinski definition) is 1. The van der Waals surface area contributed by atoms with Crippen LogP contribution in [-0.4, -0.2) is 47.6 Å². The van der Waals surface area contributed by atoms with Crippen LogP contribution in [0.2, 0.25) is 0 Å². The van der Waals surface area contributed by atoms with Crippen molar-refractivity contribution in [3.8, 4) is 0 Å². The van der Waals surface area contributed by atoms with Gasteiger partial charge >= 0.3 is 5.97 Å². The van der Waals surface area contributed by atoms with E-state index in [1.54, 1.807) is 6.20 Å². The lowest BCUT2D eigenvalue weighted by atomic mass is 10.2. The summed E-state index contributed by atoms with van der Waals surface area (Å²) in [4.78, 5) is 18.3. The lowest BCUT2D eigenvalue weighted by Gasteiger charge is -2.34. The van der Waals surface area contributed by atoms with Crippen LogP contribution in [0.15, 0.2) is 30.6 Å². The number of imidazole rings is 1. The summed E-state index contributed by atoms with van der Waals surface area (Å²) in [7, 11) is 0. The number of carbonyl (C=O) groups excluding carboxylic acids is 1. The van der Waals surface area contributed by atoms with Gasteiger partial charge in [-0.25, -0.2) is 4.98 Å². The fraction of sp³-hybridized carbons (Fsp3) is 0.429. The molecule has 1 atom stereocenters. The molecule has 0 aliphatic carbocycles. The van der Waals surface area contributed by atoms with Crippen molar-refractivity contribution in [2.75, 3.05) is 31.1 Å². The molecular weight excluding hydrogens is 256 g/mol. The van der Waals surface area contributed by atoms with E-state index in [9.17, 15) is 4.79 Å². The highest BCUT2D eigenvalue weighted by Crippen LogP contribution is 2.18. The largest absolute Gasteiger partial charge is 0.465 e. The Balaban J connectivity index is 1.83. The molecule has 0 unspecified atom stereocenters. The monoisotopic (exact) mass is 274 g/mol. The van der Waals surface area contributed by atoms with Crippen molar-refractivity contribution in [3.63, 3.8) is 0 Å². The highest BCUT2D eigenvalue weighted by molar-refractivity contribution is 5.77. The summed E-state index contributed by atoms with van der Waals surface area (Å²) in [5.74, 6) is 0.866. The minimum absolute atomic E-state index is 0.185. The summed E-state index contributed by atoms with van der Waals surface area (Å²) in [6.07, 6.45) is 3.72. The third kappa shape index (κ3) is 2.34. The maximum Gasteiger partial charge on any atom is 0.324 e. The number of aromatic nitrogens is 2. The van der Waals surface area contributed by atoms with Crippen LogP contribution in [0.4, 0.5) is 5.82 Å². The Morgan fingerprint density at radius 2 is 2.45 bits per heavy atom. The van der Waals surface area contributed by atoms with Crippen molar-refractivity contribution in [2.24, 2.45) is 0 Å². The molecule has 6 nitrogen and oxygen atoms in total. The molecule has 1 N–H and O–H groups in total. The van der Waals surface area contributed by atoms with Crippen LogP contribution in [0.5, 0.6) is 0 Å². The van der Waals surface area contributed by atoms with Gasteiger partial charge in [0.1, 0.15) is 17.5 Å². The molecule has 6 heteroatoms. The van der Waals surface area contributed by atoms with Crippen molar-refractivity contribution >= 4 is 17.4 Å². The standard InChI is InChI=1S/C14H18N4O2/c1-2-20-14(19)11-10-17(8-6-15-11)13-5-3-4-12-16-7-9-18(12)13/h3-5,7,9,11,15H,2,6,8,10H2,1H3/t11-/m1/s1. The van der Waals surface area contributed by atoms with Crippen LogP contribution in [0.1, 0.15) is 6.92 Å². The number of nitrogens with zero attached hydrogens (tertiary/aromatic N) is 3.